The fourth-order valence-electron chi connectivity index (χ4n) is 8.52. The van der Waals surface area contributed by atoms with Crippen LogP contribution < -0.4 is 4.74 Å². The fourth-order valence-corrected chi connectivity index (χ4v) is 8.52. The summed E-state index contributed by atoms with van der Waals surface area (Å²) in [7, 11) is 0. The number of para-hydroxylation sites is 1. The highest BCUT2D eigenvalue weighted by Crippen LogP contribution is 2.45. The summed E-state index contributed by atoms with van der Waals surface area (Å²) in [5.74, 6) is 3.47. The second-order valence-electron chi connectivity index (χ2n) is 16.8. The molecule has 9 aromatic rings. The molecule has 0 unspecified atom stereocenters. The van der Waals surface area contributed by atoms with Crippen molar-refractivity contribution in [2.24, 2.45) is 11.8 Å². The summed E-state index contributed by atoms with van der Waals surface area (Å²) in [6, 6.07) is 56.0. The highest BCUT2D eigenvalue weighted by molar-refractivity contribution is 6.09. The molecule has 0 radical (unpaired) electrons. The van der Waals surface area contributed by atoms with Gasteiger partial charge in [-0.05, 0) is 115 Å². The van der Waals surface area contributed by atoms with Crippen molar-refractivity contribution >= 4 is 21.8 Å². The maximum atomic E-state index is 6.78. The fraction of sp³-hybridized carbons (Fsp3) is 0.200. The zero-order valence-corrected chi connectivity index (χ0v) is 35.3. The van der Waals surface area contributed by atoms with Gasteiger partial charge in [0.15, 0.2) is 0 Å². The molecule has 0 fully saturated rings. The molecule has 0 saturated carbocycles. The van der Waals surface area contributed by atoms with Gasteiger partial charge >= 0.3 is 0 Å². The molecule has 0 aliphatic heterocycles. The third-order valence-electron chi connectivity index (χ3n) is 11.5. The van der Waals surface area contributed by atoms with Crippen molar-refractivity contribution in [1.82, 2.24) is 19.3 Å². The van der Waals surface area contributed by atoms with Gasteiger partial charge in [0.25, 0.3) is 0 Å². The van der Waals surface area contributed by atoms with Gasteiger partial charge in [0.05, 0.1) is 28.1 Å². The summed E-state index contributed by atoms with van der Waals surface area (Å²) in [6.45, 7) is 11.3. The van der Waals surface area contributed by atoms with E-state index < -0.39 is 0 Å². The van der Waals surface area contributed by atoms with E-state index in [4.69, 9.17) is 14.8 Å². The molecule has 0 aliphatic carbocycles. The van der Waals surface area contributed by atoms with Crippen LogP contribution in [0.15, 0.2) is 164 Å². The van der Waals surface area contributed by atoms with E-state index in [2.05, 4.69) is 189 Å². The lowest BCUT2D eigenvalue weighted by atomic mass is 9.85. The van der Waals surface area contributed by atoms with Crippen LogP contribution in [0.4, 0.5) is 0 Å². The maximum Gasteiger partial charge on any atom is 0.137 e. The van der Waals surface area contributed by atoms with Crippen molar-refractivity contribution in [3.8, 4) is 56.4 Å². The van der Waals surface area contributed by atoms with Crippen molar-refractivity contribution in [1.29, 1.82) is 0 Å². The van der Waals surface area contributed by atoms with Crippen molar-refractivity contribution in [2.75, 3.05) is 0 Å². The molecular weight excluding hydrogens is 733 g/mol. The molecule has 5 nitrogen and oxygen atoms in total. The van der Waals surface area contributed by atoms with Crippen molar-refractivity contribution in [3.05, 3.63) is 181 Å². The Hall–Kier alpha value is -6.72. The predicted octanol–water partition coefficient (Wildman–Crippen LogP) is 14.6. The first-order valence-corrected chi connectivity index (χ1v) is 21.4. The van der Waals surface area contributed by atoms with Gasteiger partial charge in [0.1, 0.15) is 17.3 Å². The molecule has 3 heterocycles. The van der Waals surface area contributed by atoms with Crippen molar-refractivity contribution < 1.29 is 4.74 Å². The van der Waals surface area contributed by atoms with E-state index in [1.165, 1.54) is 44.5 Å². The van der Waals surface area contributed by atoms with Crippen molar-refractivity contribution in [3.63, 3.8) is 0 Å². The van der Waals surface area contributed by atoms with Gasteiger partial charge in [-0.2, -0.15) is 5.10 Å². The van der Waals surface area contributed by atoms with Crippen LogP contribution in [0.3, 0.4) is 0 Å². The van der Waals surface area contributed by atoms with Gasteiger partial charge in [-0.25, -0.2) is 9.67 Å². The first-order chi connectivity index (χ1) is 29.3. The smallest absolute Gasteiger partial charge is 0.137 e. The molecule has 298 valence electrons. The van der Waals surface area contributed by atoms with E-state index in [1.54, 1.807) is 0 Å². The van der Waals surface area contributed by atoms with E-state index in [1.807, 2.05) is 18.3 Å². The van der Waals surface area contributed by atoms with Crippen molar-refractivity contribution in [2.45, 2.75) is 60.3 Å². The van der Waals surface area contributed by atoms with Crippen LogP contribution in [0.2, 0.25) is 0 Å². The zero-order valence-electron chi connectivity index (χ0n) is 35.3. The Morgan fingerprint density at radius 3 is 1.88 bits per heavy atom. The Balaban J connectivity index is 1.20. The van der Waals surface area contributed by atoms with Crippen LogP contribution in [0.25, 0.3) is 66.7 Å². The molecule has 0 bridgehead atoms. The molecule has 0 spiro atoms. The van der Waals surface area contributed by atoms with E-state index in [-0.39, 0.29) is 0 Å². The topological polar surface area (TPSA) is 44.9 Å². The minimum atomic E-state index is 0.522. The van der Waals surface area contributed by atoms with Gasteiger partial charge in [-0.3, -0.25) is 4.57 Å². The first kappa shape index (κ1) is 38.8. The van der Waals surface area contributed by atoms with Crippen LogP contribution in [-0.2, 0) is 12.8 Å². The summed E-state index contributed by atoms with van der Waals surface area (Å²) >= 11 is 0. The number of aryl methyl sites for hydroxylation is 2. The quantitative estimate of drug-likeness (QED) is 0.117. The van der Waals surface area contributed by atoms with E-state index >= 15 is 0 Å². The molecule has 3 aromatic heterocycles. The monoisotopic (exact) mass is 784 g/mol. The molecule has 5 heteroatoms. The van der Waals surface area contributed by atoms with Crippen LogP contribution in [-0.4, -0.2) is 19.3 Å². The molecule has 6 aromatic carbocycles. The van der Waals surface area contributed by atoms with E-state index in [9.17, 15) is 0 Å². The van der Waals surface area contributed by atoms with Gasteiger partial charge < -0.3 is 4.74 Å². The molecule has 0 aliphatic rings. The summed E-state index contributed by atoms with van der Waals surface area (Å²) in [6.07, 6.45) is 5.73. The molecule has 0 amide bonds. The van der Waals surface area contributed by atoms with Crippen LogP contribution in [0, 0.1) is 18.8 Å². The van der Waals surface area contributed by atoms with Crippen LogP contribution >= 0.6 is 0 Å². The molecular formula is C55H52N4O. The lowest BCUT2D eigenvalue weighted by molar-refractivity contribution is 0.482. The number of rotatable bonds is 13. The first-order valence-electron chi connectivity index (χ1n) is 21.4. The van der Waals surface area contributed by atoms with Gasteiger partial charge in [-0.15, -0.1) is 0 Å². The minimum Gasteiger partial charge on any atom is -0.457 e. The second-order valence-corrected chi connectivity index (χ2v) is 16.8. The molecule has 60 heavy (non-hydrogen) atoms. The van der Waals surface area contributed by atoms with Gasteiger partial charge in [0.2, 0.25) is 0 Å². The Kier molecular flexibility index (Phi) is 10.9. The molecule has 0 N–H and O–H groups in total. The van der Waals surface area contributed by atoms with Gasteiger partial charge in [-0.1, -0.05) is 131 Å². The SMILES string of the molecule is Cc1ccnc(-n2c3ccccc3c3ccc(Oc4cccc(-n5nc(CCC(C)C)c(-c6c(-c7ccccc7)cccc6-c6ccccc6)c5CCC(C)C)c4)cc32)c1. The zero-order chi connectivity index (χ0) is 41.2. The summed E-state index contributed by atoms with van der Waals surface area (Å²) in [5, 5.41) is 7.94. The summed E-state index contributed by atoms with van der Waals surface area (Å²) in [5.41, 5.74) is 14.0. The number of hydrogen-bond acceptors (Lipinski definition) is 3. The second kappa shape index (κ2) is 16.9. The summed E-state index contributed by atoms with van der Waals surface area (Å²) < 4.78 is 11.2. The number of hydrogen-bond donors (Lipinski definition) is 0. The average Bonchev–Trinajstić information content (AvgIpc) is 3.80. The number of fused-ring (bicyclic) bond motifs is 3. The van der Waals surface area contributed by atoms with E-state index in [0.717, 1.165) is 76.4 Å². The molecule has 9 rings (SSSR count). The lowest BCUT2D eigenvalue weighted by Crippen LogP contribution is -2.05. The third-order valence-corrected chi connectivity index (χ3v) is 11.5. The summed E-state index contributed by atoms with van der Waals surface area (Å²) in [4.78, 5) is 4.79. The Morgan fingerprint density at radius 2 is 1.18 bits per heavy atom. The minimum absolute atomic E-state index is 0.522. The Bertz CT molecular complexity index is 2860. The Labute approximate surface area is 354 Å². The number of benzene rings is 6. The molecule has 0 saturated heterocycles. The van der Waals surface area contributed by atoms with Crippen LogP contribution in [0.5, 0.6) is 11.5 Å². The largest absolute Gasteiger partial charge is 0.457 e. The normalized spacial score (nSPS) is 11.7. The standard InChI is InChI=1S/C55H52N4O/c1-37(2)26-30-49-55(54-45(40-16-8-6-9-17-40)23-15-24-46(54)41-18-10-7-11-19-41)51(31-27-38(3)4)59(57-49)42-20-14-21-43(35-42)60-44-28-29-48-47-22-12-13-25-50(47)58(52(48)36-44)53-34-39(5)32-33-56-53/h6-25,28-29,32-38H,26-27,30-31H2,1-5H3. The van der Waals surface area contributed by atoms with Gasteiger partial charge in [0, 0.05) is 40.2 Å². The number of aromatic nitrogens is 4. The highest BCUT2D eigenvalue weighted by Gasteiger charge is 2.26. The highest BCUT2D eigenvalue weighted by atomic mass is 16.5. The third kappa shape index (κ3) is 7.76. The molecule has 0 atom stereocenters. The number of nitrogens with zero attached hydrogens (tertiary/aromatic N) is 4. The van der Waals surface area contributed by atoms with E-state index in [0.29, 0.717) is 11.8 Å². The predicted molar refractivity (Wildman–Crippen MR) is 250 cm³/mol. The maximum absolute atomic E-state index is 6.78. The lowest BCUT2D eigenvalue weighted by Gasteiger charge is -2.19. The number of pyridine rings is 1. The average molecular weight is 785 g/mol. The number of ether oxygens (including phenoxy) is 1. The van der Waals surface area contributed by atoms with Crippen LogP contribution in [0.1, 0.15) is 57.5 Å². The Morgan fingerprint density at radius 1 is 0.550 bits per heavy atom.